The van der Waals surface area contributed by atoms with Crippen molar-refractivity contribution >= 4 is 50.1 Å². The second-order valence-electron chi connectivity index (χ2n) is 3.25. The summed E-state index contributed by atoms with van der Waals surface area (Å²) >= 11 is 5.63. The van der Waals surface area contributed by atoms with Crippen molar-refractivity contribution in [2.45, 2.75) is 13.5 Å². The number of imidazole rings is 1. The Balaban J connectivity index is 2.36. The molecule has 0 atom stereocenters. The third-order valence-electron chi connectivity index (χ3n) is 1.95. The first-order valence-corrected chi connectivity index (χ1v) is 6.39. The lowest BCUT2D eigenvalue weighted by molar-refractivity contribution is -0.142. The minimum Gasteiger partial charge on any atom is -0.459 e. The minimum atomic E-state index is -0.298. The number of carbonyl (C=O) groups excluding carboxylic acids is 1. The predicted octanol–water partition coefficient (Wildman–Crippen LogP) is 2.76. The van der Waals surface area contributed by atoms with Gasteiger partial charge in [0.2, 0.25) is 0 Å². The summed E-state index contributed by atoms with van der Waals surface area (Å²) < 4.78 is 8.84. The number of rotatable bonds is 2. The first-order chi connectivity index (χ1) is 7.56. The molecule has 0 aliphatic rings. The molecule has 84 valence electrons. The summed E-state index contributed by atoms with van der Waals surface area (Å²) in [5, 5.41) is 0. The lowest BCUT2D eigenvalue weighted by atomic mass is 10.5. The molecule has 2 heterocycles. The Kier molecular flexibility index (Phi) is 3.48. The maximum absolute atomic E-state index is 10.7. The molecule has 0 fully saturated rings. The molecule has 2 aromatic heterocycles. The lowest BCUT2D eigenvalue weighted by Crippen LogP contribution is -1.98. The average molecular weight is 395 g/mol. The van der Waals surface area contributed by atoms with Gasteiger partial charge in [-0.15, -0.1) is 0 Å². The summed E-state index contributed by atoms with van der Waals surface area (Å²) in [5.41, 5.74) is 1.61. The molecule has 4 nitrogen and oxygen atoms in total. The fourth-order valence-electron chi connectivity index (χ4n) is 1.32. The second-order valence-corrected chi connectivity index (χ2v) is 5.33. The van der Waals surface area contributed by atoms with Gasteiger partial charge in [0, 0.05) is 23.8 Å². The highest BCUT2D eigenvalue weighted by Gasteiger charge is 2.07. The molecule has 0 saturated heterocycles. The Morgan fingerprint density at radius 1 is 1.62 bits per heavy atom. The normalized spacial score (nSPS) is 10.7. The molecule has 0 N–H and O–H groups in total. The Hall–Kier alpha value is -0.630. The number of halogens is 2. The zero-order chi connectivity index (χ0) is 11.7. The van der Waals surface area contributed by atoms with E-state index in [4.69, 9.17) is 4.74 Å². The van der Waals surface area contributed by atoms with Crippen LogP contribution in [0.25, 0.3) is 5.65 Å². The summed E-state index contributed by atoms with van der Waals surface area (Å²) in [5.74, 6) is -0.298. The van der Waals surface area contributed by atoms with Crippen molar-refractivity contribution in [2.75, 3.05) is 0 Å². The van der Waals surface area contributed by atoms with Crippen molar-refractivity contribution in [3.05, 3.63) is 32.2 Å². The van der Waals surface area contributed by atoms with Gasteiger partial charge < -0.3 is 9.14 Å². The maximum Gasteiger partial charge on any atom is 0.303 e. The van der Waals surface area contributed by atoms with Crippen molar-refractivity contribution in [2.24, 2.45) is 0 Å². The van der Waals surface area contributed by atoms with Crippen molar-refractivity contribution in [3.63, 3.8) is 0 Å². The fraction of sp³-hybridized carbons (Fsp3) is 0.200. The van der Waals surface area contributed by atoms with Crippen LogP contribution in [0.5, 0.6) is 0 Å². The third kappa shape index (κ3) is 2.54. The van der Waals surface area contributed by atoms with Gasteiger partial charge in [0.05, 0.1) is 9.26 Å². The van der Waals surface area contributed by atoms with E-state index in [0.29, 0.717) is 0 Å². The number of pyridine rings is 1. The highest BCUT2D eigenvalue weighted by atomic mass is 127. The molecule has 0 unspecified atom stereocenters. The van der Waals surface area contributed by atoms with Gasteiger partial charge >= 0.3 is 5.97 Å². The minimum absolute atomic E-state index is 0.213. The number of esters is 1. The number of nitrogens with zero attached hydrogens (tertiary/aromatic N) is 2. The molecule has 16 heavy (non-hydrogen) atoms. The second kappa shape index (κ2) is 4.70. The smallest absolute Gasteiger partial charge is 0.303 e. The Labute approximate surface area is 114 Å². The summed E-state index contributed by atoms with van der Waals surface area (Å²) in [6, 6.07) is 1.98. The number of hydrogen-bond acceptors (Lipinski definition) is 3. The molecule has 0 bridgehead atoms. The molecule has 0 aliphatic heterocycles. The van der Waals surface area contributed by atoms with E-state index < -0.39 is 0 Å². The molecule has 2 rings (SSSR count). The zero-order valence-electron chi connectivity index (χ0n) is 8.41. The van der Waals surface area contributed by atoms with E-state index in [1.165, 1.54) is 6.92 Å². The Morgan fingerprint density at radius 3 is 3.06 bits per heavy atom. The molecule has 2 aromatic rings. The molecular weight excluding hydrogens is 387 g/mol. The van der Waals surface area contributed by atoms with E-state index in [1.54, 1.807) is 0 Å². The van der Waals surface area contributed by atoms with Gasteiger partial charge in [0.25, 0.3) is 0 Å². The summed E-state index contributed by atoms with van der Waals surface area (Å²) in [7, 11) is 0. The van der Waals surface area contributed by atoms with E-state index >= 15 is 0 Å². The monoisotopic (exact) mass is 394 g/mol. The number of ether oxygens (including phenoxy) is 1. The molecule has 0 spiro atoms. The van der Waals surface area contributed by atoms with Gasteiger partial charge in [-0.1, -0.05) is 0 Å². The fourth-order valence-corrected chi connectivity index (χ4v) is 2.93. The SMILES string of the molecule is CC(=O)OCc1cn2cc(Br)cc(I)c2n1. The van der Waals surface area contributed by atoms with E-state index in [2.05, 4.69) is 43.5 Å². The largest absolute Gasteiger partial charge is 0.459 e. The van der Waals surface area contributed by atoms with Crippen LogP contribution in [0.15, 0.2) is 22.9 Å². The average Bonchev–Trinajstić information content (AvgIpc) is 2.57. The number of hydrogen-bond donors (Lipinski definition) is 0. The number of fused-ring (bicyclic) bond motifs is 1. The molecule has 0 radical (unpaired) electrons. The van der Waals surface area contributed by atoms with Gasteiger partial charge in [0.1, 0.15) is 6.61 Å². The topological polar surface area (TPSA) is 43.6 Å². The van der Waals surface area contributed by atoms with E-state index in [-0.39, 0.29) is 12.6 Å². The predicted molar refractivity (Wildman–Crippen MR) is 71.1 cm³/mol. The van der Waals surface area contributed by atoms with Gasteiger partial charge in [-0.05, 0) is 44.6 Å². The van der Waals surface area contributed by atoms with Crippen LogP contribution in [0.3, 0.4) is 0 Å². The van der Waals surface area contributed by atoms with Crippen LogP contribution in [-0.2, 0) is 16.1 Å². The van der Waals surface area contributed by atoms with Crippen LogP contribution in [0.1, 0.15) is 12.6 Å². The van der Waals surface area contributed by atoms with Gasteiger partial charge in [-0.2, -0.15) is 0 Å². The molecule has 0 saturated carbocycles. The first-order valence-electron chi connectivity index (χ1n) is 4.52. The van der Waals surface area contributed by atoms with Crippen LogP contribution >= 0.6 is 38.5 Å². The molecular formula is C10H8BrIN2O2. The standard InChI is InChI=1S/C10H8BrIN2O2/c1-6(15)16-5-8-4-14-3-7(11)2-9(12)10(14)13-8/h2-4H,5H2,1H3. The van der Waals surface area contributed by atoms with E-state index in [9.17, 15) is 4.79 Å². The van der Waals surface area contributed by atoms with Gasteiger partial charge in [-0.3, -0.25) is 4.79 Å². The summed E-state index contributed by atoms with van der Waals surface area (Å²) in [4.78, 5) is 15.1. The molecule has 0 aromatic carbocycles. The summed E-state index contributed by atoms with van der Waals surface area (Å²) in [6.45, 7) is 1.60. The Morgan fingerprint density at radius 2 is 2.38 bits per heavy atom. The highest BCUT2D eigenvalue weighted by molar-refractivity contribution is 14.1. The highest BCUT2D eigenvalue weighted by Crippen LogP contribution is 2.19. The van der Waals surface area contributed by atoms with E-state index in [1.807, 2.05) is 22.9 Å². The van der Waals surface area contributed by atoms with Crippen LogP contribution in [0.2, 0.25) is 0 Å². The van der Waals surface area contributed by atoms with Crippen LogP contribution in [-0.4, -0.2) is 15.4 Å². The van der Waals surface area contributed by atoms with Crippen molar-refractivity contribution in [1.82, 2.24) is 9.38 Å². The number of carbonyl (C=O) groups is 1. The first kappa shape index (κ1) is 11.8. The molecule has 0 aliphatic carbocycles. The van der Waals surface area contributed by atoms with Gasteiger partial charge in [-0.25, -0.2) is 4.98 Å². The summed E-state index contributed by atoms with van der Waals surface area (Å²) in [6.07, 6.45) is 3.77. The lowest BCUT2D eigenvalue weighted by Gasteiger charge is -1.96. The zero-order valence-corrected chi connectivity index (χ0v) is 12.1. The Bertz CT molecular complexity index is 553. The maximum atomic E-state index is 10.7. The van der Waals surface area contributed by atoms with Gasteiger partial charge in [0.15, 0.2) is 5.65 Å². The quantitative estimate of drug-likeness (QED) is 0.581. The van der Waals surface area contributed by atoms with Crippen LogP contribution < -0.4 is 0 Å². The van der Waals surface area contributed by atoms with Crippen molar-refractivity contribution in [1.29, 1.82) is 0 Å². The number of aromatic nitrogens is 2. The van der Waals surface area contributed by atoms with Crippen LogP contribution in [0, 0.1) is 3.57 Å². The van der Waals surface area contributed by atoms with Crippen molar-refractivity contribution in [3.8, 4) is 0 Å². The van der Waals surface area contributed by atoms with Crippen LogP contribution in [0.4, 0.5) is 0 Å². The van der Waals surface area contributed by atoms with Crippen molar-refractivity contribution < 1.29 is 9.53 Å². The molecule has 6 heteroatoms. The molecule has 0 amide bonds. The third-order valence-corrected chi connectivity index (χ3v) is 3.17. The van der Waals surface area contributed by atoms with E-state index in [0.717, 1.165) is 19.4 Å².